The number of hydrogen-bond acceptors (Lipinski definition) is 2. The second-order valence-corrected chi connectivity index (χ2v) is 4.60. The first-order chi connectivity index (χ1) is 8.83. The highest BCUT2D eigenvalue weighted by atomic mass is 16.7. The maximum absolute atomic E-state index is 6.03. The summed E-state index contributed by atoms with van der Waals surface area (Å²) in [5, 5.41) is 0. The summed E-state index contributed by atoms with van der Waals surface area (Å²) in [5.41, 5.74) is 2.08. The molecule has 2 heteroatoms. The number of terminal acetylenes is 1. The number of ether oxygens (including phenoxy) is 2. The van der Waals surface area contributed by atoms with Crippen LogP contribution < -0.4 is 0 Å². The third-order valence-electron chi connectivity index (χ3n) is 3.27. The van der Waals surface area contributed by atoms with Crippen LogP contribution in [0, 0.1) is 12.3 Å². The summed E-state index contributed by atoms with van der Waals surface area (Å²) in [4.78, 5) is 0. The minimum Gasteiger partial charge on any atom is -0.353 e. The first kappa shape index (κ1) is 13.1. The van der Waals surface area contributed by atoms with Gasteiger partial charge in [-0.05, 0) is 43.4 Å². The van der Waals surface area contributed by atoms with Crippen molar-refractivity contribution in [1.82, 2.24) is 0 Å². The minimum absolute atomic E-state index is 0.0454. The summed E-state index contributed by atoms with van der Waals surface area (Å²) < 4.78 is 11.6. The Bertz CT molecular complexity index is 396. The zero-order chi connectivity index (χ0) is 12.8. The molecule has 1 heterocycles. The second kappa shape index (κ2) is 6.58. The van der Waals surface area contributed by atoms with Crippen molar-refractivity contribution in [2.45, 2.75) is 45.0 Å². The smallest absolute Gasteiger partial charge is 0.158 e. The van der Waals surface area contributed by atoms with Crippen LogP contribution in [0.1, 0.15) is 49.8 Å². The molecule has 0 bridgehead atoms. The predicted octanol–water partition coefficient (Wildman–Crippen LogP) is 3.66. The van der Waals surface area contributed by atoms with Crippen LogP contribution in [0.4, 0.5) is 0 Å². The molecule has 0 aromatic heterocycles. The molecule has 1 fully saturated rings. The molecule has 0 radical (unpaired) electrons. The van der Waals surface area contributed by atoms with Crippen molar-refractivity contribution in [1.29, 1.82) is 0 Å². The van der Waals surface area contributed by atoms with Crippen LogP contribution in [-0.4, -0.2) is 12.9 Å². The number of hydrogen-bond donors (Lipinski definition) is 0. The van der Waals surface area contributed by atoms with E-state index >= 15 is 0 Å². The molecule has 0 amide bonds. The monoisotopic (exact) mass is 244 g/mol. The minimum atomic E-state index is -0.0454. The van der Waals surface area contributed by atoms with E-state index in [2.05, 4.69) is 12.8 Å². The number of rotatable bonds is 4. The lowest BCUT2D eigenvalue weighted by molar-refractivity contribution is -0.190. The summed E-state index contributed by atoms with van der Waals surface area (Å²) in [5.74, 6) is 2.63. The van der Waals surface area contributed by atoms with E-state index in [4.69, 9.17) is 15.9 Å². The van der Waals surface area contributed by atoms with Crippen molar-refractivity contribution in [3.05, 3.63) is 35.4 Å². The summed E-state index contributed by atoms with van der Waals surface area (Å²) >= 11 is 0. The van der Waals surface area contributed by atoms with Gasteiger partial charge in [-0.15, -0.1) is 6.42 Å². The van der Waals surface area contributed by atoms with Crippen molar-refractivity contribution in [2.24, 2.45) is 0 Å². The Kier molecular flexibility index (Phi) is 4.81. The molecule has 0 saturated carbocycles. The van der Waals surface area contributed by atoms with E-state index in [9.17, 15) is 0 Å². The highest BCUT2D eigenvalue weighted by Crippen LogP contribution is 2.26. The zero-order valence-corrected chi connectivity index (χ0v) is 10.9. The van der Waals surface area contributed by atoms with Gasteiger partial charge in [0.1, 0.15) is 0 Å². The third kappa shape index (κ3) is 3.35. The van der Waals surface area contributed by atoms with Gasteiger partial charge in [0.05, 0.1) is 6.10 Å². The van der Waals surface area contributed by atoms with E-state index < -0.39 is 0 Å². The lowest BCUT2D eigenvalue weighted by atomic mass is 10.0. The highest BCUT2D eigenvalue weighted by molar-refractivity contribution is 5.34. The van der Waals surface area contributed by atoms with E-state index in [1.54, 1.807) is 0 Å². The summed E-state index contributed by atoms with van der Waals surface area (Å²) in [7, 11) is 0. The van der Waals surface area contributed by atoms with Gasteiger partial charge >= 0.3 is 0 Å². The molecule has 2 rings (SSSR count). The molecule has 0 N–H and O–H groups in total. The van der Waals surface area contributed by atoms with Gasteiger partial charge in [0, 0.05) is 12.2 Å². The van der Waals surface area contributed by atoms with Gasteiger partial charge in [0.15, 0.2) is 6.29 Å². The van der Waals surface area contributed by atoms with Crippen LogP contribution in [0.2, 0.25) is 0 Å². The average Bonchev–Trinajstić information content (AvgIpc) is 2.46. The van der Waals surface area contributed by atoms with Crippen LogP contribution in [0.15, 0.2) is 24.3 Å². The summed E-state index contributed by atoms with van der Waals surface area (Å²) in [6.07, 6.45) is 9.69. The fourth-order valence-corrected chi connectivity index (χ4v) is 2.21. The van der Waals surface area contributed by atoms with Gasteiger partial charge in [-0.3, -0.25) is 0 Å². The van der Waals surface area contributed by atoms with Gasteiger partial charge in [-0.2, -0.15) is 0 Å². The largest absolute Gasteiger partial charge is 0.353 e. The van der Waals surface area contributed by atoms with E-state index in [1.165, 1.54) is 12.0 Å². The molecule has 1 aromatic carbocycles. The Morgan fingerprint density at radius 2 is 2.17 bits per heavy atom. The molecule has 1 aromatic rings. The summed E-state index contributed by atoms with van der Waals surface area (Å²) in [6, 6.07) is 8.02. The summed E-state index contributed by atoms with van der Waals surface area (Å²) in [6.45, 7) is 2.94. The lowest BCUT2D eigenvalue weighted by Gasteiger charge is -2.27. The Labute approximate surface area is 109 Å². The van der Waals surface area contributed by atoms with Gasteiger partial charge in [-0.25, -0.2) is 0 Å². The first-order valence-electron chi connectivity index (χ1n) is 6.67. The second-order valence-electron chi connectivity index (χ2n) is 4.60. The number of benzene rings is 1. The van der Waals surface area contributed by atoms with Crippen LogP contribution in [0.3, 0.4) is 0 Å². The first-order valence-corrected chi connectivity index (χ1v) is 6.67. The average molecular weight is 244 g/mol. The quantitative estimate of drug-likeness (QED) is 0.752. The molecule has 1 aliphatic rings. The molecule has 96 valence electrons. The zero-order valence-electron chi connectivity index (χ0n) is 10.9. The standard InChI is InChI=1S/C16H20O2/c1-3-13-8-10-14(11-9-13)15(4-2)18-16-7-5-6-12-17-16/h1,8-11,15-16H,4-7,12H2,2H3/t15-,16?/m1/s1. The lowest BCUT2D eigenvalue weighted by Crippen LogP contribution is -2.24. The normalized spacial score (nSPS) is 21.2. The molecule has 1 aliphatic heterocycles. The molecular weight excluding hydrogens is 224 g/mol. The maximum Gasteiger partial charge on any atom is 0.158 e. The Morgan fingerprint density at radius 1 is 1.39 bits per heavy atom. The van der Waals surface area contributed by atoms with Crippen LogP contribution in [-0.2, 0) is 9.47 Å². The van der Waals surface area contributed by atoms with Gasteiger partial charge in [0.2, 0.25) is 0 Å². The molecule has 18 heavy (non-hydrogen) atoms. The van der Waals surface area contributed by atoms with Gasteiger partial charge < -0.3 is 9.47 Å². The van der Waals surface area contributed by atoms with Crippen LogP contribution >= 0.6 is 0 Å². The Balaban J connectivity index is 2.00. The molecule has 2 atom stereocenters. The van der Waals surface area contributed by atoms with E-state index in [-0.39, 0.29) is 12.4 Å². The molecular formula is C16H20O2. The van der Waals surface area contributed by atoms with Gasteiger partial charge in [0.25, 0.3) is 0 Å². The van der Waals surface area contributed by atoms with Crippen LogP contribution in [0.5, 0.6) is 0 Å². The fraction of sp³-hybridized carbons (Fsp3) is 0.500. The SMILES string of the molecule is C#Cc1ccc([C@@H](CC)OC2CCCCO2)cc1. The molecule has 2 nitrogen and oxygen atoms in total. The van der Waals surface area contributed by atoms with Crippen molar-refractivity contribution in [3.8, 4) is 12.3 Å². The fourth-order valence-electron chi connectivity index (χ4n) is 2.21. The van der Waals surface area contributed by atoms with E-state index in [1.807, 2.05) is 24.3 Å². The van der Waals surface area contributed by atoms with E-state index in [0.29, 0.717) is 0 Å². The van der Waals surface area contributed by atoms with Gasteiger partial charge in [-0.1, -0.05) is 25.0 Å². The molecule has 0 aliphatic carbocycles. The van der Waals surface area contributed by atoms with Crippen molar-refractivity contribution in [2.75, 3.05) is 6.61 Å². The topological polar surface area (TPSA) is 18.5 Å². The van der Waals surface area contributed by atoms with Crippen molar-refractivity contribution in [3.63, 3.8) is 0 Å². The van der Waals surface area contributed by atoms with Crippen LogP contribution in [0.25, 0.3) is 0 Å². The highest BCUT2D eigenvalue weighted by Gasteiger charge is 2.19. The molecule has 0 spiro atoms. The Morgan fingerprint density at radius 3 is 2.72 bits per heavy atom. The molecule has 1 saturated heterocycles. The Hall–Kier alpha value is -1.30. The third-order valence-corrected chi connectivity index (χ3v) is 3.27. The van der Waals surface area contributed by atoms with Crippen molar-refractivity contribution >= 4 is 0 Å². The maximum atomic E-state index is 6.03. The predicted molar refractivity (Wildman–Crippen MR) is 72.1 cm³/mol. The van der Waals surface area contributed by atoms with E-state index in [0.717, 1.165) is 31.4 Å². The molecule has 1 unspecified atom stereocenters. The van der Waals surface area contributed by atoms with Crippen molar-refractivity contribution < 1.29 is 9.47 Å².